The van der Waals surface area contributed by atoms with Gasteiger partial charge in [0.2, 0.25) is 5.43 Å². The van der Waals surface area contributed by atoms with Crippen molar-refractivity contribution in [1.82, 2.24) is 15.1 Å². The Morgan fingerprint density at radius 3 is 2.59 bits per heavy atom. The van der Waals surface area contributed by atoms with Crippen molar-refractivity contribution in [2.24, 2.45) is 0 Å². The van der Waals surface area contributed by atoms with E-state index in [1.54, 1.807) is 24.3 Å². The predicted octanol–water partition coefficient (Wildman–Crippen LogP) is 3.13. The summed E-state index contributed by atoms with van der Waals surface area (Å²) in [7, 11) is 0. The molecule has 1 aromatic heterocycles. The summed E-state index contributed by atoms with van der Waals surface area (Å²) in [6.07, 6.45) is -5.14. The first kappa shape index (κ1) is 21.4. The highest BCUT2D eigenvalue weighted by atomic mass is 19.4. The summed E-state index contributed by atoms with van der Waals surface area (Å²) in [5.41, 5.74) is -2.29. The molecule has 1 atom stereocenters. The predicted molar refractivity (Wildman–Crippen MR) is 108 cm³/mol. The highest BCUT2D eigenvalue weighted by molar-refractivity contribution is 5.92. The normalized spacial score (nSPS) is 15.3. The molecule has 0 unspecified atom stereocenters. The van der Waals surface area contributed by atoms with Crippen molar-refractivity contribution in [2.45, 2.75) is 19.2 Å². The Hall–Kier alpha value is -3.82. The van der Waals surface area contributed by atoms with Crippen molar-refractivity contribution in [3.63, 3.8) is 0 Å². The van der Waals surface area contributed by atoms with E-state index in [-0.39, 0.29) is 24.5 Å². The van der Waals surface area contributed by atoms with E-state index >= 15 is 0 Å². The molecule has 0 saturated heterocycles. The zero-order valence-electron chi connectivity index (χ0n) is 16.8. The van der Waals surface area contributed by atoms with Crippen LogP contribution in [0.4, 0.5) is 13.2 Å². The molecular weight excluding hydrogens is 427 g/mol. The van der Waals surface area contributed by atoms with Crippen molar-refractivity contribution in [3.8, 4) is 17.2 Å². The molecule has 166 valence electrons. The lowest BCUT2D eigenvalue weighted by Gasteiger charge is -2.26. The number of rotatable bonds is 4. The number of carbonyl (C=O) groups excluding carboxylic acids is 1. The third-order valence-electron chi connectivity index (χ3n) is 4.82. The first-order valence-corrected chi connectivity index (χ1v) is 9.68. The van der Waals surface area contributed by atoms with E-state index in [1.165, 1.54) is 25.1 Å². The number of aromatic nitrogens is 2. The molecule has 10 heteroatoms. The molecule has 0 aliphatic carbocycles. The quantitative estimate of drug-likeness (QED) is 0.667. The molecular formula is C22H18F3N3O4. The fourth-order valence-electron chi connectivity index (χ4n) is 3.30. The van der Waals surface area contributed by atoms with Crippen molar-refractivity contribution >= 4 is 5.91 Å². The fourth-order valence-corrected chi connectivity index (χ4v) is 3.30. The third-order valence-corrected chi connectivity index (χ3v) is 4.82. The van der Waals surface area contributed by atoms with Crippen molar-refractivity contribution in [3.05, 3.63) is 81.8 Å². The lowest BCUT2D eigenvalue weighted by atomic mass is 10.1. The van der Waals surface area contributed by atoms with Gasteiger partial charge in [-0.3, -0.25) is 9.59 Å². The Morgan fingerprint density at radius 1 is 1.16 bits per heavy atom. The second-order valence-corrected chi connectivity index (χ2v) is 7.13. The van der Waals surface area contributed by atoms with Gasteiger partial charge < -0.3 is 14.8 Å². The Morgan fingerprint density at radius 2 is 1.84 bits per heavy atom. The first-order chi connectivity index (χ1) is 15.2. The largest absolute Gasteiger partial charge is 0.486 e. The summed E-state index contributed by atoms with van der Waals surface area (Å²) in [5, 5.41) is 6.48. The van der Waals surface area contributed by atoms with Crippen LogP contribution >= 0.6 is 0 Å². The number of para-hydroxylation sites is 3. The summed E-state index contributed by atoms with van der Waals surface area (Å²) in [6.45, 7) is 1.64. The summed E-state index contributed by atoms with van der Waals surface area (Å²) in [6, 6.07) is 12.9. The molecule has 1 aliphatic heterocycles. The molecule has 2 aromatic carbocycles. The number of nitrogens with zero attached hydrogens (tertiary/aromatic N) is 2. The Kier molecular flexibility index (Phi) is 5.60. The molecule has 2 heterocycles. The number of hydrogen-bond donors (Lipinski definition) is 1. The number of fused-ring (bicyclic) bond motifs is 1. The molecule has 1 amide bonds. The van der Waals surface area contributed by atoms with Gasteiger partial charge in [-0.25, -0.2) is 4.68 Å². The van der Waals surface area contributed by atoms with Gasteiger partial charge in [-0.15, -0.1) is 0 Å². The second kappa shape index (κ2) is 8.37. The summed E-state index contributed by atoms with van der Waals surface area (Å²) in [4.78, 5) is 25.0. The van der Waals surface area contributed by atoms with Crippen LogP contribution in [0, 0.1) is 6.92 Å². The summed E-state index contributed by atoms with van der Waals surface area (Å²) < 4.78 is 52.5. The van der Waals surface area contributed by atoms with Gasteiger partial charge >= 0.3 is 6.18 Å². The van der Waals surface area contributed by atoms with E-state index in [2.05, 4.69) is 10.4 Å². The molecule has 4 rings (SSSR count). The average Bonchev–Trinajstić information content (AvgIpc) is 2.77. The molecule has 0 fully saturated rings. The monoisotopic (exact) mass is 445 g/mol. The number of benzene rings is 2. The van der Waals surface area contributed by atoms with Crippen LogP contribution in [0.15, 0.2) is 59.4 Å². The standard InChI is InChI=1S/C22H18F3N3O4/c1-13-10-17(29)20(27-28(13)16-7-3-2-6-15(16)22(23,24)25)21(30)26-11-14-12-31-18-8-4-5-9-19(18)32-14/h2-10,14H,11-12H2,1H3,(H,26,30)/t14-/m1/s1. The maximum absolute atomic E-state index is 13.4. The van der Waals surface area contributed by atoms with E-state index in [9.17, 15) is 22.8 Å². The number of hydrogen-bond acceptors (Lipinski definition) is 5. The van der Waals surface area contributed by atoms with Gasteiger partial charge in [-0.2, -0.15) is 18.3 Å². The minimum Gasteiger partial charge on any atom is -0.486 e. The van der Waals surface area contributed by atoms with Crippen LogP contribution in [0.5, 0.6) is 11.5 Å². The SMILES string of the molecule is Cc1cc(=O)c(C(=O)NC[C@@H]2COc3ccccc3O2)nn1-c1ccccc1C(F)(F)F. The van der Waals surface area contributed by atoms with E-state index in [1.807, 2.05) is 0 Å². The zero-order chi connectivity index (χ0) is 22.9. The Bertz CT molecular complexity index is 1220. The number of aryl methyl sites for hydroxylation is 1. The van der Waals surface area contributed by atoms with Crippen LogP contribution in [-0.2, 0) is 6.18 Å². The van der Waals surface area contributed by atoms with Crippen LogP contribution < -0.4 is 20.2 Å². The van der Waals surface area contributed by atoms with Gasteiger partial charge in [-0.05, 0) is 31.2 Å². The molecule has 0 radical (unpaired) electrons. The van der Waals surface area contributed by atoms with Gasteiger partial charge in [0, 0.05) is 11.8 Å². The molecule has 0 saturated carbocycles. The maximum Gasteiger partial charge on any atom is 0.418 e. The minimum absolute atomic E-state index is 0.0152. The lowest BCUT2D eigenvalue weighted by molar-refractivity contribution is -0.137. The van der Waals surface area contributed by atoms with Crippen LogP contribution in [0.3, 0.4) is 0 Å². The minimum atomic E-state index is -4.63. The number of nitrogens with one attached hydrogen (secondary N) is 1. The molecule has 1 aliphatic rings. The van der Waals surface area contributed by atoms with Crippen LogP contribution in [-0.4, -0.2) is 34.9 Å². The van der Waals surface area contributed by atoms with E-state index in [0.717, 1.165) is 16.8 Å². The first-order valence-electron chi connectivity index (χ1n) is 9.68. The molecule has 7 nitrogen and oxygen atoms in total. The molecule has 0 bridgehead atoms. The number of halogens is 3. The average molecular weight is 445 g/mol. The van der Waals surface area contributed by atoms with Crippen LogP contribution in [0.1, 0.15) is 21.7 Å². The Balaban J connectivity index is 1.56. The topological polar surface area (TPSA) is 82.5 Å². The van der Waals surface area contributed by atoms with E-state index in [4.69, 9.17) is 9.47 Å². The number of amides is 1. The van der Waals surface area contributed by atoms with E-state index < -0.39 is 34.9 Å². The lowest BCUT2D eigenvalue weighted by Crippen LogP contribution is -2.42. The summed E-state index contributed by atoms with van der Waals surface area (Å²) >= 11 is 0. The molecule has 1 N–H and O–H groups in total. The number of alkyl halides is 3. The highest BCUT2D eigenvalue weighted by Gasteiger charge is 2.34. The van der Waals surface area contributed by atoms with Gasteiger partial charge in [-0.1, -0.05) is 24.3 Å². The summed E-state index contributed by atoms with van der Waals surface area (Å²) in [5.74, 6) is 0.287. The fraction of sp³-hybridized carbons (Fsp3) is 0.227. The van der Waals surface area contributed by atoms with Gasteiger partial charge in [0.05, 0.1) is 17.8 Å². The van der Waals surface area contributed by atoms with Crippen molar-refractivity contribution in [1.29, 1.82) is 0 Å². The van der Waals surface area contributed by atoms with Gasteiger partial charge in [0.15, 0.2) is 17.2 Å². The third kappa shape index (κ3) is 4.29. The van der Waals surface area contributed by atoms with Crippen molar-refractivity contribution in [2.75, 3.05) is 13.2 Å². The number of ether oxygens (including phenoxy) is 2. The van der Waals surface area contributed by atoms with Crippen molar-refractivity contribution < 1.29 is 27.4 Å². The Labute approximate surface area is 180 Å². The molecule has 3 aromatic rings. The number of carbonyl (C=O) groups is 1. The zero-order valence-corrected chi connectivity index (χ0v) is 16.8. The smallest absolute Gasteiger partial charge is 0.418 e. The molecule has 32 heavy (non-hydrogen) atoms. The second-order valence-electron chi connectivity index (χ2n) is 7.13. The molecule has 0 spiro atoms. The highest BCUT2D eigenvalue weighted by Crippen LogP contribution is 2.33. The van der Waals surface area contributed by atoms with Gasteiger partial charge in [0.1, 0.15) is 12.7 Å². The van der Waals surface area contributed by atoms with E-state index in [0.29, 0.717) is 11.5 Å². The maximum atomic E-state index is 13.4. The van der Waals surface area contributed by atoms with Crippen LogP contribution in [0.2, 0.25) is 0 Å². The van der Waals surface area contributed by atoms with Crippen LogP contribution in [0.25, 0.3) is 5.69 Å². The van der Waals surface area contributed by atoms with Gasteiger partial charge in [0.25, 0.3) is 5.91 Å².